The molecule has 1 unspecified atom stereocenters. The van der Waals surface area contributed by atoms with Crippen LogP contribution in [0.15, 0.2) is 0 Å². The lowest BCUT2D eigenvalue weighted by Gasteiger charge is -2.27. The summed E-state index contributed by atoms with van der Waals surface area (Å²) in [5.41, 5.74) is 0. The molecule has 0 saturated carbocycles. The summed E-state index contributed by atoms with van der Waals surface area (Å²) in [5.74, 6) is 0.774. The van der Waals surface area contributed by atoms with E-state index in [1.807, 2.05) is 6.92 Å². The van der Waals surface area contributed by atoms with Gasteiger partial charge in [-0.25, -0.2) is 8.93 Å². The Kier molecular flexibility index (Phi) is 3.31. The lowest BCUT2D eigenvalue weighted by molar-refractivity contribution is 0.418. The van der Waals surface area contributed by atoms with Crippen LogP contribution < -0.4 is 10.0 Å². The topological polar surface area (TPSA) is 41.1 Å². The maximum Gasteiger partial charge on any atom is 0.0918 e. The SMILES string of the molecule is CCCS(=O)NC1CNC1. The molecule has 10 heavy (non-hydrogen) atoms. The predicted octanol–water partition coefficient (Wildman–Crippen LogP) is -0.378. The Balaban J connectivity index is 2.05. The van der Waals surface area contributed by atoms with Crippen LogP contribution >= 0.6 is 0 Å². The van der Waals surface area contributed by atoms with E-state index in [-0.39, 0.29) is 0 Å². The average Bonchev–Trinajstić information content (AvgIpc) is 1.80. The number of hydrogen-bond acceptors (Lipinski definition) is 2. The van der Waals surface area contributed by atoms with Gasteiger partial charge >= 0.3 is 0 Å². The van der Waals surface area contributed by atoms with Gasteiger partial charge in [0.2, 0.25) is 0 Å². The van der Waals surface area contributed by atoms with Crippen molar-refractivity contribution < 1.29 is 4.21 Å². The van der Waals surface area contributed by atoms with Crippen molar-refractivity contribution in [1.82, 2.24) is 10.0 Å². The second-order valence-corrected chi connectivity index (χ2v) is 3.86. The van der Waals surface area contributed by atoms with Crippen molar-refractivity contribution in [3.63, 3.8) is 0 Å². The summed E-state index contributed by atoms with van der Waals surface area (Å²) < 4.78 is 14.0. The predicted molar refractivity (Wildman–Crippen MR) is 43.1 cm³/mol. The molecule has 0 aromatic carbocycles. The number of nitrogens with one attached hydrogen (secondary N) is 2. The quantitative estimate of drug-likeness (QED) is 0.592. The fraction of sp³-hybridized carbons (Fsp3) is 1.00. The van der Waals surface area contributed by atoms with Gasteiger partial charge in [0.15, 0.2) is 0 Å². The third-order valence-electron chi connectivity index (χ3n) is 1.47. The summed E-state index contributed by atoms with van der Waals surface area (Å²) in [6.07, 6.45) is 0.986. The lowest BCUT2D eigenvalue weighted by Crippen LogP contribution is -2.55. The van der Waals surface area contributed by atoms with Crippen LogP contribution in [0.5, 0.6) is 0 Å². The van der Waals surface area contributed by atoms with E-state index in [2.05, 4.69) is 10.0 Å². The second-order valence-electron chi connectivity index (χ2n) is 2.52. The standard InChI is InChI=1S/C6H14N2OS/c1-2-3-10(9)8-6-4-7-5-6/h6-8H,2-5H2,1H3. The fourth-order valence-electron chi connectivity index (χ4n) is 0.802. The van der Waals surface area contributed by atoms with Crippen LogP contribution in [0.3, 0.4) is 0 Å². The Bertz CT molecular complexity index is 125. The van der Waals surface area contributed by atoms with Crippen LogP contribution in [-0.4, -0.2) is 29.1 Å². The Morgan fingerprint density at radius 3 is 2.80 bits per heavy atom. The van der Waals surface area contributed by atoms with Gasteiger partial charge in [-0.15, -0.1) is 0 Å². The van der Waals surface area contributed by atoms with Crippen LogP contribution in [-0.2, 0) is 11.0 Å². The molecule has 1 aliphatic heterocycles. The maximum atomic E-state index is 11.0. The molecule has 60 valence electrons. The van der Waals surface area contributed by atoms with E-state index in [9.17, 15) is 4.21 Å². The lowest BCUT2D eigenvalue weighted by atomic mass is 10.2. The molecule has 0 aliphatic carbocycles. The zero-order chi connectivity index (χ0) is 7.40. The molecule has 0 spiro atoms. The van der Waals surface area contributed by atoms with Gasteiger partial charge in [-0.05, 0) is 6.42 Å². The van der Waals surface area contributed by atoms with Crippen molar-refractivity contribution in [3.8, 4) is 0 Å². The molecule has 1 heterocycles. The van der Waals surface area contributed by atoms with Crippen molar-refractivity contribution in [2.24, 2.45) is 0 Å². The highest BCUT2D eigenvalue weighted by Crippen LogP contribution is 1.92. The second kappa shape index (κ2) is 4.05. The summed E-state index contributed by atoms with van der Waals surface area (Å²) in [6, 6.07) is 0.451. The highest BCUT2D eigenvalue weighted by Gasteiger charge is 2.17. The Morgan fingerprint density at radius 2 is 2.40 bits per heavy atom. The molecule has 1 fully saturated rings. The number of hydrogen-bond donors (Lipinski definition) is 2. The maximum absolute atomic E-state index is 11.0. The van der Waals surface area contributed by atoms with Crippen LogP contribution in [0.25, 0.3) is 0 Å². The van der Waals surface area contributed by atoms with Gasteiger partial charge in [0.05, 0.1) is 11.0 Å². The molecule has 4 heteroatoms. The minimum Gasteiger partial charge on any atom is -0.313 e. The summed E-state index contributed by atoms with van der Waals surface area (Å²) >= 11 is 0. The highest BCUT2D eigenvalue weighted by atomic mass is 32.2. The number of rotatable bonds is 4. The molecule has 0 amide bonds. The van der Waals surface area contributed by atoms with Crippen LogP contribution in [0, 0.1) is 0 Å². The molecule has 2 N–H and O–H groups in total. The van der Waals surface area contributed by atoms with E-state index < -0.39 is 11.0 Å². The van der Waals surface area contributed by atoms with Crippen molar-refractivity contribution in [2.75, 3.05) is 18.8 Å². The Labute approximate surface area is 64.2 Å². The molecule has 1 atom stereocenters. The van der Waals surface area contributed by atoms with Gasteiger partial charge in [-0.2, -0.15) is 0 Å². The largest absolute Gasteiger partial charge is 0.313 e. The molecule has 0 radical (unpaired) electrons. The minimum absolute atomic E-state index is 0.451. The van der Waals surface area contributed by atoms with E-state index >= 15 is 0 Å². The smallest absolute Gasteiger partial charge is 0.0918 e. The van der Waals surface area contributed by atoms with Crippen LogP contribution in [0.2, 0.25) is 0 Å². The van der Waals surface area contributed by atoms with Crippen molar-refractivity contribution >= 4 is 11.0 Å². The molecular weight excluding hydrogens is 148 g/mol. The van der Waals surface area contributed by atoms with Gasteiger partial charge < -0.3 is 5.32 Å². The normalized spacial score (nSPS) is 22.1. The van der Waals surface area contributed by atoms with Crippen molar-refractivity contribution in [3.05, 3.63) is 0 Å². The van der Waals surface area contributed by atoms with Gasteiger partial charge in [-0.3, -0.25) is 0 Å². The Morgan fingerprint density at radius 1 is 1.70 bits per heavy atom. The molecule has 0 aromatic rings. The van der Waals surface area contributed by atoms with E-state index in [0.29, 0.717) is 6.04 Å². The molecule has 1 rings (SSSR count). The summed E-state index contributed by atoms with van der Waals surface area (Å²) in [6.45, 7) is 3.98. The zero-order valence-corrected chi connectivity index (χ0v) is 7.04. The minimum atomic E-state index is -0.789. The first-order valence-electron chi connectivity index (χ1n) is 3.68. The fourth-order valence-corrected chi connectivity index (χ4v) is 1.83. The van der Waals surface area contributed by atoms with E-state index in [1.54, 1.807) is 0 Å². The molecule has 0 bridgehead atoms. The first-order valence-corrected chi connectivity index (χ1v) is 5.00. The molecule has 1 aliphatic rings. The molecule has 3 nitrogen and oxygen atoms in total. The first kappa shape index (κ1) is 8.17. The average molecular weight is 162 g/mol. The van der Waals surface area contributed by atoms with Crippen LogP contribution in [0.1, 0.15) is 13.3 Å². The summed E-state index contributed by atoms with van der Waals surface area (Å²) in [4.78, 5) is 0. The van der Waals surface area contributed by atoms with Gasteiger partial charge in [0.1, 0.15) is 0 Å². The van der Waals surface area contributed by atoms with Gasteiger partial charge in [0, 0.05) is 24.9 Å². The zero-order valence-electron chi connectivity index (χ0n) is 6.22. The van der Waals surface area contributed by atoms with Crippen molar-refractivity contribution in [2.45, 2.75) is 19.4 Å². The highest BCUT2D eigenvalue weighted by molar-refractivity contribution is 7.83. The van der Waals surface area contributed by atoms with E-state index in [1.165, 1.54) is 0 Å². The molecular formula is C6H14N2OS. The van der Waals surface area contributed by atoms with Crippen LogP contribution in [0.4, 0.5) is 0 Å². The molecule has 1 saturated heterocycles. The first-order chi connectivity index (χ1) is 4.83. The third kappa shape index (κ3) is 2.36. The summed E-state index contributed by atoms with van der Waals surface area (Å²) in [5, 5.41) is 3.11. The van der Waals surface area contributed by atoms with Gasteiger partial charge in [-0.1, -0.05) is 6.92 Å². The summed E-state index contributed by atoms with van der Waals surface area (Å²) in [7, 11) is -0.789. The van der Waals surface area contributed by atoms with Crippen molar-refractivity contribution in [1.29, 1.82) is 0 Å². The molecule has 0 aromatic heterocycles. The van der Waals surface area contributed by atoms with E-state index in [4.69, 9.17) is 0 Å². The third-order valence-corrected chi connectivity index (χ3v) is 2.84. The van der Waals surface area contributed by atoms with Gasteiger partial charge in [0.25, 0.3) is 0 Å². The van der Waals surface area contributed by atoms with E-state index in [0.717, 1.165) is 25.3 Å². The Hall–Kier alpha value is 0.0700. The monoisotopic (exact) mass is 162 g/mol.